The Kier molecular flexibility index (Phi) is 3.65. The molecule has 0 aliphatic carbocycles. The lowest BCUT2D eigenvalue weighted by molar-refractivity contribution is -0.385. The fourth-order valence-corrected chi connectivity index (χ4v) is 1.71. The maximum absolute atomic E-state index is 10.9. The van der Waals surface area contributed by atoms with E-state index in [1.165, 1.54) is 12.1 Å². The smallest absolute Gasteiger partial charge is 0.328 e. The summed E-state index contributed by atoms with van der Waals surface area (Å²) in [5, 5.41) is 19.4. The van der Waals surface area contributed by atoms with Crippen molar-refractivity contribution < 1.29 is 19.2 Å². The van der Waals surface area contributed by atoms with Crippen molar-refractivity contribution in [2.75, 3.05) is 0 Å². The lowest BCUT2D eigenvalue weighted by atomic mass is 10.1. The number of nitro benzene ring substituents is 1. The van der Waals surface area contributed by atoms with Crippen molar-refractivity contribution >= 4 is 17.7 Å². The fraction of sp³-hybridized carbons (Fsp3) is 0.0714. The first kappa shape index (κ1) is 13.5. The molecule has 2 aromatic rings. The van der Waals surface area contributed by atoms with Crippen LogP contribution in [-0.2, 0) is 4.79 Å². The average Bonchev–Trinajstić information content (AvgIpc) is 2.85. The molecule has 2 rings (SSSR count). The third-order valence-electron chi connectivity index (χ3n) is 2.71. The summed E-state index contributed by atoms with van der Waals surface area (Å²) in [5.41, 5.74) is 1.15. The van der Waals surface area contributed by atoms with Gasteiger partial charge in [-0.1, -0.05) is 12.1 Å². The Balaban J connectivity index is 2.35. The molecule has 0 aliphatic rings. The van der Waals surface area contributed by atoms with Crippen LogP contribution in [0, 0.1) is 17.0 Å². The summed E-state index contributed by atoms with van der Waals surface area (Å²) in [4.78, 5) is 20.8. The van der Waals surface area contributed by atoms with Crippen LogP contribution in [0.2, 0.25) is 0 Å². The van der Waals surface area contributed by atoms with E-state index >= 15 is 0 Å². The highest BCUT2D eigenvalue weighted by Gasteiger charge is 2.13. The van der Waals surface area contributed by atoms with Crippen LogP contribution < -0.4 is 0 Å². The number of hydrogen-bond acceptors (Lipinski definition) is 4. The highest BCUT2D eigenvalue weighted by molar-refractivity contribution is 5.84. The van der Waals surface area contributed by atoms with E-state index in [9.17, 15) is 14.9 Å². The molecule has 1 heterocycles. The first-order valence-electron chi connectivity index (χ1n) is 5.73. The predicted octanol–water partition coefficient (Wildman–Crippen LogP) is 3.26. The molecular formula is C14H11NO5. The summed E-state index contributed by atoms with van der Waals surface area (Å²) in [7, 11) is 0. The van der Waals surface area contributed by atoms with Crippen LogP contribution in [0.3, 0.4) is 0 Å². The van der Waals surface area contributed by atoms with Gasteiger partial charge in [-0.15, -0.1) is 0 Å². The SMILES string of the molecule is Cc1ccc(-c2ccc(/C=C/C(=O)O)o2)cc1[N+](=O)[O-]. The van der Waals surface area contributed by atoms with Gasteiger partial charge < -0.3 is 9.52 Å². The minimum absolute atomic E-state index is 0.0153. The molecule has 6 nitrogen and oxygen atoms in total. The Morgan fingerprint density at radius 3 is 2.75 bits per heavy atom. The van der Waals surface area contributed by atoms with Gasteiger partial charge in [0.1, 0.15) is 11.5 Å². The van der Waals surface area contributed by atoms with Crippen molar-refractivity contribution in [3.8, 4) is 11.3 Å². The first-order chi connectivity index (χ1) is 9.47. The number of aryl methyl sites for hydroxylation is 1. The van der Waals surface area contributed by atoms with E-state index in [1.807, 2.05) is 0 Å². The Bertz CT molecular complexity index is 699. The average molecular weight is 273 g/mol. The van der Waals surface area contributed by atoms with Gasteiger partial charge in [-0.05, 0) is 25.1 Å². The van der Waals surface area contributed by atoms with Crippen LogP contribution in [0.1, 0.15) is 11.3 Å². The summed E-state index contributed by atoms with van der Waals surface area (Å²) in [6.07, 6.45) is 2.27. The highest BCUT2D eigenvalue weighted by Crippen LogP contribution is 2.28. The molecule has 6 heteroatoms. The second kappa shape index (κ2) is 5.40. The predicted molar refractivity (Wildman–Crippen MR) is 72.2 cm³/mol. The zero-order chi connectivity index (χ0) is 14.7. The third-order valence-corrected chi connectivity index (χ3v) is 2.71. The van der Waals surface area contributed by atoms with Gasteiger partial charge in [-0.3, -0.25) is 10.1 Å². The summed E-state index contributed by atoms with van der Waals surface area (Å²) in [6.45, 7) is 1.66. The summed E-state index contributed by atoms with van der Waals surface area (Å²) >= 11 is 0. The molecule has 0 amide bonds. The van der Waals surface area contributed by atoms with Crippen molar-refractivity contribution in [3.05, 3.63) is 57.8 Å². The molecule has 0 fully saturated rings. The van der Waals surface area contributed by atoms with Crippen molar-refractivity contribution in [2.24, 2.45) is 0 Å². The number of nitro groups is 1. The normalized spacial score (nSPS) is 10.8. The monoisotopic (exact) mass is 273 g/mol. The van der Waals surface area contributed by atoms with Gasteiger partial charge in [0.05, 0.1) is 4.92 Å². The van der Waals surface area contributed by atoms with E-state index in [1.54, 1.807) is 31.2 Å². The largest absolute Gasteiger partial charge is 0.478 e. The molecule has 0 radical (unpaired) electrons. The molecule has 0 saturated carbocycles. The highest BCUT2D eigenvalue weighted by atomic mass is 16.6. The second-order valence-corrected chi connectivity index (χ2v) is 4.13. The standard InChI is InChI=1S/C14H11NO5/c1-9-2-3-10(8-12(9)15(18)19)13-6-4-11(20-13)5-7-14(16)17/h2-8H,1H3,(H,16,17)/b7-5+. The quantitative estimate of drug-likeness (QED) is 0.524. The lowest BCUT2D eigenvalue weighted by Crippen LogP contribution is -1.91. The number of carbonyl (C=O) groups is 1. The van der Waals surface area contributed by atoms with Crippen molar-refractivity contribution in [1.29, 1.82) is 0 Å². The lowest BCUT2D eigenvalue weighted by Gasteiger charge is -2.00. The van der Waals surface area contributed by atoms with Gasteiger partial charge in [-0.2, -0.15) is 0 Å². The van der Waals surface area contributed by atoms with Crippen molar-refractivity contribution in [1.82, 2.24) is 0 Å². The van der Waals surface area contributed by atoms with Crippen LogP contribution >= 0.6 is 0 Å². The number of hydrogen-bond donors (Lipinski definition) is 1. The number of rotatable bonds is 4. The van der Waals surface area contributed by atoms with Gasteiger partial charge in [0.2, 0.25) is 0 Å². The fourth-order valence-electron chi connectivity index (χ4n) is 1.71. The number of carboxylic acid groups (broad SMARTS) is 1. The molecule has 20 heavy (non-hydrogen) atoms. The molecule has 0 spiro atoms. The van der Waals surface area contributed by atoms with Crippen LogP contribution in [-0.4, -0.2) is 16.0 Å². The van der Waals surface area contributed by atoms with E-state index in [0.717, 1.165) is 6.08 Å². The van der Waals surface area contributed by atoms with Crippen LogP contribution in [0.4, 0.5) is 5.69 Å². The Labute approximate surface area is 114 Å². The minimum atomic E-state index is -1.08. The summed E-state index contributed by atoms with van der Waals surface area (Å²) < 4.78 is 5.42. The second-order valence-electron chi connectivity index (χ2n) is 4.13. The Morgan fingerprint density at radius 1 is 1.35 bits per heavy atom. The van der Waals surface area contributed by atoms with E-state index in [0.29, 0.717) is 22.6 Å². The third kappa shape index (κ3) is 2.92. The molecule has 1 N–H and O–H groups in total. The zero-order valence-electron chi connectivity index (χ0n) is 10.6. The molecule has 0 aliphatic heterocycles. The van der Waals surface area contributed by atoms with E-state index in [-0.39, 0.29) is 5.69 Å². The van der Waals surface area contributed by atoms with Crippen LogP contribution in [0.5, 0.6) is 0 Å². The van der Waals surface area contributed by atoms with E-state index < -0.39 is 10.9 Å². The zero-order valence-corrected chi connectivity index (χ0v) is 10.6. The number of carboxylic acids is 1. The summed E-state index contributed by atoms with van der Waals surface area (Å²) in [6, 6.07) is 8.02. The molecule has 0 saturated heterocycles. The van der Waals surface area contributed by atoms with E-state index in [4.69, 9.17) is 9.52 Å². The van der Waals surface area contributed by atoms with Crippen LogP contribution in [0.15, 0.2) is 40.8 Å². The molecule has 0 bridgehead atoms. The molecular weight excluding hydrogens is 262 g/mol. The molecule has 0 atom stereocenters. The van der Waals surface area contributed by atoms with Crippen LogP contribution in [0.25, 0.3) is 17.4 Å². The van der Waals surface area contributed by atoms with Crippen molar-refractivity contribution in [3.63, 3.8) is 0 Å². The number of furan rings is 1. The van der Waals surface area contributed by atoms with Gasteiger partial charge in [-0.25, -0.2) is 4.79 Å². The first-order valence-corrected chi connectivity index (χ1v) is 5.73. The van der Waals surface area contributed by atoms with E-state index in [2.05, 4.69) is 0 Å². The molecule has 1 aromatic heterocycles. The number of aliphatic carboxylic acids is 1. The Hall–Kier alpha value is -2.89. The minimum Gasteiger partial charge on any atom is -0.478 e. The maximum atomic E-state index is 10.9. The van der Waals surface area contributed by atoms with Gasteiger partial charge in [0, 0.05) is 23.3 Å². The van der Waals surface area contributed by atoms with Gasteiger partial charge in [0.15, 0.2) is 0 Å². The van der Waals surface area contributed by atoms with Gasteiger partial charge >= 0.3 is 5.97 Å². The van der Waals surface area contributed by atoms with Gasteiger partial charge in [0.25, 0.3) is 5.69 Å². The molecule has 1 aromatic carbocycles. The van der Waals surface area contributed by atoms with Crippen molar-refractivity contribution in [2.45, 2.75) is 6.92 Å². The topological polar surface area (TPSA) is 93.6 Å². The Morgan fingerprint density at radius 2 is 2.10 bits per heavy atom. The maximum Gasteiger partial charge on any atom is 0.328 e. The number of benzene rings is 1. The summed E-state index contributed by atoms with van der Waals surface area (Å²) in [5.74, 6) is -0.266. The number of nitrogens with zero attached hydrogens (tertiary/aromatic N) is 1. The molecule has 102 valence electrons. The molecule has 0 unspecified atom stereocenters.